The quantitative estimate of drug-likeness (QED) is 0.486. The lowest BCUT2D eigenvalue weighted by atomic mass is 10.1. The van der Waals surface area contributed by atoms with Gasteiger partial charge in [0, 0.05) is 11.1 Å². The van der Waals surface area contributed by atoms with Gasteiger partial charge in [-0.05, 0) is 42.5 Å². The minimum Gasteiger partial charge on any atom is -0.493 e. The van der Waals surface area contributed by atoms with Crippen LogP contribution in [0.5, 0.6) is 11.5 Å². The van der Waals surface area contributed by atoms with Crippen molar-refractivity contribution in [3.63, 3.8) is 0 Å². The van der Waals surface area contributed by atoms with E-state index in [4.69, 9.17) is 26.9 Å². The number of halogens is 2. The first-order chi connectivity index (χ1) is 14.5. The fraction of sp³-hybridized carbons (Fsp3) is 0.0909. The minimum atomic E-state index is -0.453. The molecule has 30 heavy (non-hydrogen) atoms. The van der Waals surface area contributed by atoms with E-state index in [2.05, 4.69) is 4.98 Å². The summed E-state index contributed by atoms with van der Waals surface area (Å²) in [5, 5.41) is 0.704. The van der Waals surface area contributed by atoms with Gasteiger partial charge in [0.25, 0.3) is 5.56 Å². The van der Waals surface area contributed by atoms with Crippen LogP contribution in [-0.4, -0.2) is 16.8 Å². The third kappa shape index (κ3) is 3.55. The molecule has 4 aromatic rings. The Bertz CT molecular complexity index is 1290. The zero-order valence-corrected chi connectivity index (χ0v) is 16.7. The van der Waals surface area contributed by atoms with Crippen LogP contribution >= 0.6 is 11.6 Å². The molecule has 0 radical (unpaired) electrons. The van der Waals surface area contributed by atoms with Gasteiger partial charge >= 0.3 is 0 Å². The fourth-order valence-corrected chi connectivity index (χ4v) is 3.31. The van der Waals surface area contributed by atoms with Gasteiger partial charge in [0.05, 0.1) is 23.0 Å². The molecule has 152 valence electrons. The van der Waals surface area contributed by atoms with Gasteiger partial charge in [0.1, 0.15) is 12.4 Å². The molecule has 1 heterocycles. The van der Waals surface area contributed by atoms with Gasteiger partial charge in [0.2, 0.25) is 0 Å². The first-order valence-electron chi connectivity index (χ1n) is 9.00. The van der Waals surface area contributed by atoms with Crippen molar-refractivity contribution in [2.24, 2.45) is 0 Å². The van der Waals surface area contributed by atoms with E-state index in [0.717, 1.165) is 4.68 Å². The highest BCUT2D eigenvalue weighted by molar-refractivity contribution is 6.31. The number of nitrogens with zero attached hydrogens (tertiary/aromatic N) is 2. The standard InChI is InChI=1S/C22H17ClFN3O3/c1-29-20-11-13(21-26-18-8-3-2-5-14(18)22(28)27(21)25)9-10-19(20)30-12-15-16(23)6-4-7-17(15)24/h2-11H,12,25H2,1H3. The molecule has 6 nitrogen and oxygen atoms in total. The van der Waals surface area contributed by atoms with Crippen molar-refractivity contribution in [2.45, 2.75) is 6.61 Å². The molecule has 8 heteroatoms. The van der Waals surface area contributed by atoms with Gasteiger partial charge in [-0.25, -0.2) is 14.1 Å². The summed E-state index contributed by atoms with van der Waals surface area (Å²) in [7, 11) is 1.48. The van der Waals surface area contributed by atoms with Crippen LogP contribution in [0.25, 0.3) is 22.3 Å². The average molecular weight is 426 g/mol. The Hall–Kier alpha value is -3.58. The molecule has 0 unspecified atom stereocenters. The third-order valence-electron chi connectivity index (χ3n) is 4.66. The number of para-hydroxylation sites is 1. The maximum atomic E-state index is 14.0. The molecule has 0 aliphatic carbocycles. The molecule has 3 aromatic carbocycles. The lowest BCUT2D eigenvalue weighted by Gasteiger charge is -2.14. The Balaban J connectivity index is 1.70. The predicted octanol–water partition coefficient (Wildman–Crippen LogP) is 4.16. The Labute approximate surface area is 176 Å². The number of benzene rings is 3. The lowest BCUT2D eigenvalue weighted by molar-refractivity contribution is 0.280. The summed E-state index contributed by atoms with van der Waals surface area (Å²) >= 11 is 6.05. The zero-order chi connectivity index (χ0) is 21.3. The van der Waals surface area contributed by atoms with Crippen LogP contribution in [0.1, 0.15) is 5.56 Å². The van der Waals surface area contributed by atoms with E-state index in [0.29, 0.717) is 28.0 Å². The average Bonchev–Trinajstić information content (AvgIpc) is 2.76. The second-order valence-corrected chi connectivity index (χ2v) is 6.89. The van der Waals surface area contributed by atoms with Crippen LogP contribution in [-0.2, 0) is 6.61 Å². The monoisotopic (exact) mass is 425 g/mol. The molecule has 0 atom stereocenters. The van der Waals surface area contributed by atoms with Crippen molar-refractivity contribution >= 4 is 22.5 Å². The first-order valence-corrected chi connectivity index (χ1v) is 9.38. The molecule has 0 saturated carbocycles. The van der Waals surface area contributed by atoms with E-state index in [1.54, 1.807) is 48.5 Å². The van der Waals surface area contributed by atoms with Crippen LogP contribution < -0.4 is 20.9 Å². The largest absolute Gasteiger partial charge is 0.493 e. The Kier molecular flexibility index (Phi) is 5.29. The number of nitrogens with two attached hydrogens (primary N) is 1. The van der Waals surface area contributed by atoms with Crippen LogP contribution in [0.3, 0.4) is 0 Å². The maximum absolute atomic E-state index is 14.0. The zero-order valence-electron chi connectivity index (χ0n) is 15.9. The van der Waals surface area contributed by atoms with E-state index >= 15 is 0 Å². The van der Waals surface area contributed by atoms with Crippen molar-refractivity contribution in [1.82, 2.24) is 9.66 Å². The molecule has 1 aromatic heterocycles. The summed E-state index contributed by atoms with van der Waals surface area (Å²) in [4.78, 5) is 17.1. The smallest absolute Gasteiger partial charge is 0.280 e. The van der Waals surface area contributed by atoms with Crippen LogP contribution in [0.2, 0.25) is 5.02 Å². The predicted molar refractivity (Wildman–Crippen MR) is 114 cm³/mol. The van der Waals surface area contributed by atoms with Crippen molar-refractivity contribution in [3.05, 3.63) is 87.4 Å². The molecule has 0 fully saturated rings. The summed E-state index contributed by atoms with van der Waals surface area (Å²) < 4.78 is 26.1. The summed E-state index contributed by atoms with van der Waals surface area (Å²) in [5.74, 6) is 6.58. The van der Waals surface area contributed by atoms with E-state index in [1.807, 2.05) is 0 Å². The van der Waals surface area contributed by atoms with Crippen LogP contribution in [0.15, 0.2) is 65.5 Å². The topological polar surface area (TPSA) is 79.4 Å². The molecule has 0 spiro atoms. The Morgan fingerprint density at radius 3 is 2.67 bits per heavy atom. The summed E-state index contributed by atoms with van der Waals surface area (Å²) in [5.41, 5.74) is 0.988. The van der Waals surface area contributed by atoms with Crippen molar-refractivity contribution in [1.29, 1.82) is 0 Å². The van der Waals surface area contributed by atoms with Gasteiger partial charge < -0.3 is 15.3 Å². The number of rotatable bonds is 5. The number of fused-ring (bicyclic) bond motifs is 1. The number of ether oxygens (including phenoxy) is 2. The molecule has 4 rings (SSSR count). The molecule has 2 N–H and O–H groups in total. The third-order valence-corrected chi connectivity index (χ3v) is 5.02. The molecule has 0 saturated heterocycles. The number of methoxy groups -OCH3 is 1. The molecule has 0 bridgehead atoms. The number of hydrogen-bond acceptors (Lipinski definition) is 5. The highest BCUT2D eigenvalue weighted by Gasteiger charge is 2.15. The van der Waals surface area contributed by atoms with E-state index < -0.39 is 5.82 Å². The van der Waals surface area contributed by atoms with Crippen molar-refractivity contribution in [3.8, 4) is 22.9 Å². The molecule has 0 aliphatic rings. The fourth-order valence-electron chi connectivity index (χ4n) is 3.10. The summed E-state index contributed by atoms with van der Waals surface area (Å²) in [6, 6.07) is 16.4. The highest BCUT2D eigenvalue weighted by Crippen LogP contribution is 2.33. The second-order valence-electron chi connectivity index (χ2n) is 6.48. The van der Waals surface area contributed by atoms with Crippen LogP contribution in [0, 0.1) is 5.82 Å². The van der Waals surface area contributed by atoms with Gasteiger partial charge in [-0.2, -0.15) is 0 Å². The first kappa shape index (κ1) is 19.7. The minimum absolute atomic E-state index is 0.0724. The maximum Gasteiger partial charge on any atom is 0.280 e. The van der Waals surface area contributed by atoms with E-state index in [-0.39, 0.29) is 28.6 Å². The van der Waals surface area contributed by atoms with Crippen molar-refractivity contribution < 1.29 is 13.9 Å². The second kappa shape index (κ2) is 8.04. The van der Waals surface area contributed by atoms with Gasteiger partial charge in [-0.3, -0.25) is 4.79 Å². The SMILES string of the molecule is COc1cc(-c2nc3ccccc3c(=O)n2N)ccc1OCc1c(F)cccc1Cl. The summed E-state index contributed by atoms with van der Waals surface area (Å²) in [6.45, 7) is -0.0724. The number of aromatic nitrogens is 2. The van der Waals surface area contributed by atoms with E-state index in [1.165, 1.54) is 19.2 Å². The number of nitrogen functional groups attached to an aromatic ring is 1. The Morgan fingerprint density at radius 1 is 1.10 bits per heavy atom. The molecule has 0 aliphatic heterocycles. The van der Waals surface area contributed by atoms with Gasteiger partial charge in [0.15, 0.2) is 17.3 Å². The van der Waals surface area contributed by atoms with Gasteiger partial charge in [-0.15, -0.1) is 0 Å². The Morgan fingerprint density at radius 2 is 1.90 bits per heavy atom. The number of hydrogen-bond donors (Lipinski definition) is 1. The van der Waals surface area contributed by atoms with Crippen molar-refractivity contribution in [2.75, 3.05) is 13.0 Å². The van der Waals surface area contributed by atoms with Gasteiger partial charge in [-0.1, -0.05) is 29.8 Å². The lowest BCUT2D eigenvalue weighted by Crippen LogP contribution is -2.29. The normalized spacial score (nSPS) is 10.9. The van der Waals surface area contributed by atoms with E-state index in [9.17, 15) is 9.18 Å². The molecule has 0 amide bonds. The molecular formula is C22H17ClFN3O3. The van der Waals surface area contributed by atoms with Crippen LogP contribution in [0.4, 0.5) is 4.39 Å². The molecular weight excluding hydrogens is 409 g/mol. The highest BCUT2D eigenvalue weighted by atomic mass is 35.5. The summed E-state index contributed by atoms with van der Waals surface area (Å²) in [6.07, 6.45) is 0.